The van der Waals surface area contributed by atoms with Gasteiger partial charge in [0.1, 0.15) is 29.5 Å². The quantitative estimate of drug-likeness (QED) is 0.373. The Kier molecular flexibility index (Phi) is 4.71. The van der Waals surface area contributed by atoms with Crippen LogP contribution in [0, 0.1) is 22.7 Å². The zero-order valence-corrected chi connectivity index (χ0v) is 20.8. The number of hydroxylamine groups is 2. The van der Waals surface area contributed by atoms with Gasteiger partial charge in [0.05, 0.1) is 49.7 Å². The van der Waals surface area contributed by atoms with Gasteiger partial charge in [0.2, 0.25) is 0 Å². The van der Waals surface area contributed by atoms with Crippen molar-refractivity contribution >= 4 is 5.91 Å². The molecule has 0 aromatic heterocycles. The van der Waals surface area contributed by atoms with Crippen LogP contribution in [0.2, 0.25) is 0 Å². The Hall–Kier alpha value is -2.19. The van der Waals surface area contributed by atoms with Crippen molar-refractivity contribution in [3.8, 4) is 17.2 Å². The second-order valence-electron chi connectivity index (χ2n) is 10.7. The maximum atomic E-state index is 13.6. The molecule has 6 rings (SSSR count). The first-order valence-corrected chi connectivity index (χ1v) is 11.8. The highest BCUT2D eigenvalue weighted by Gasteiger charge is 2.94. The molecule has 1 aromatic carbocycles. The van der Waals surface area contributed by atoms with Crippen LogP contribution < -0.4 is 14.2 Å². The van der Waals surface area contributed by atoms with Crippen LogP contribution in [0.5, 0.6) is 17.2 Å². The van der Waals surface area contributed by atoms with Crippen LogP contribution in [0.25, 0.3) is 0 Å². The number of hydrogen-bond donors (Lipinski definition) is 4. The van der Waals surface area contributed by atoms with Gasteiger partial charge in [-0.05, 0) is 0 Å². The number of benzene rings is 1. The third-order valence-electron chi connectivity index (χ3n) is 9.85. The zero-order chi connectivity index (χ0) is 26.2. The van der Waals surface area contributed by atoms with Gasteiger partial charge < -0.3 is 44.1 Å². The molecule has 0 radical (unpaired) electrons. The third kappa shape index (κ3) is 2.14. The molecule has 4 heterocycles. The average Bonchev–Trinajstić information content (AvgIpc) is 3.52. The lowest BCUT2D eigenvalue weighted by molar-refractivity contribution is -0.230. The number of nitrogens with zero attached hydrogens (tertiary/aromatic N) is 1. The van der Waals surface area contributed by atoms with Gasteiger partial charge in [0.15, 0.2) is 23.8 Å². The van der Waals surface area contributed by atoms with Crippen molar-refractivity contribution in [3.63, 3.8) is 0 Å². The van der Waals surface area contributed by atoms with E-state index in [4.69, 9.17) is 28.5 Å². The number of methoxy groups -OCH3 is 2. The van der Waals surface area contributed by atoms with E-state index in [0.29, 0.717) is 5.75 Å². The molecular weight excluding hydrogens is 478 g/mol. The highest BCUT2D eigenvalue weighted by molar-refractivity contribution is 5.81. The van der Waals surface area contributed by atoms with Gasteiger partial charge in [-0.15, -0.1) is 0 Å². The van der Waals surface area contributed by atoms with Crippen LogP contribution in [0.3, 0.4) is 0 Å². The summed E-state index contributed by atoms with van der Waals surface area (Å²) in [7, 11) is 5.59. The summed E-state index contributed by atoms with van der Waals surface area (Å²) >= 11 is 0. The standard InChI is InChI=1S/C24H31NO11/c1-21-16-14-12(17(27)25(3)33-6)15(26)23(30)13-10(32-5)7-9(31-4)8-11(13)36-24(14,23)18(34-16)22(21,2)20(29)35-19(21)28/h7-8,12,14-16,18-20,26,28-30H,1-6H3/t12?,14?,15-,16?,18?,19?,20?,21?,22?,23+,24?/m1/s1. The number of carbonyl (C=O) groups excluding carboxylic acids is 1. The number of aliphatic hydroxyl groups excluding tert-OH is 3. The molecule has 12 nitrogen and oxygen atoms in total. The molecule has 1 saturated carbocycles. The molecule has 198 valence electrons. The topological polar surface area (TPSA) is 157 Å². The summed E-state index contributed by atoms with van der Waals surface area (Å²) in [5.74, 6) is -2.04. The Morgan fingerprint density at radius 1 is 1.03 bits per heavy atom. The summed E-state index contributed by atoms with van der Waals surface area (Å²) < 4.78 is 29.4. The van der Waals surface area contributed by atoms with Crippen molar-refractivity contribution in [2.24, 2.45) is 22.7 Å². The fourth-order valence-corrected chi connectivity index (χ4v) is 7.84. The monoisotopic (exact) mass is 509 g/mol. The maximum absolute atomic E-state index is 13.6. The molecule has 4 aliphatic heterocycles. The van der Waals surface area contributed by atoms with Crippen molar-refractivity contribution < 1.29 is 53.7 Å². The predicted molar refractivity (Wildman–Crippen MR) is 118 cm³/mol. The van der Waals surface area contributed by atoms with Crippen molar-refractivity contribution in [2.75, 3.05) is 28.4 Å². The number of aliphatic hydroxyl groups is 4. The van der Waals surface area contributed by atoms with E-state index >= 15 is 0 Å². The lowest BCUT2D eigenvalue weighted by Gasteiger charge is -2.52. The molecule has 36 heavy (non-hydrogen) atoms. The Morgan fingerprint density at radius 2 is 1.69 bits per heavy atom. The first-order valence-electron chi connectivity index (χ1n) is 11.8. The van der Waals surface area contributed by atoms with Crippen LogP contribution in [0.15, 0.2) is 12.1 Å². The minimum Gasteiger partial charge on any atom is -0.496 e. The Bertz CT molecular complexity index is 1150. The molecule has 1 amide bonds. The molecular formula is C24H31NO11. The van der Waals surface area contributed by atoms with Gasteiger partial charge in [-0.2, -0.15) is 0 Å². The molecule has 4 N–H and O–H groups in total. The highest BCUT2D eigenvalue weighted by Crippen LogP contribution is 2.79. The molecule has 2 bridgehead atoms. The molecule has 5 aliphatic rings. The number of hydrogen-bond acceptors (Lipinski definition) is 11. The van der Waals surface area contributed by atoms with Crippen molar-refractivity contribution in [1.29, 1.82) is 0 Å². The SMILES string of the molecule is COc1cc(OC)c2c(c1)OC13C(C(C(=O)N(C)OC)[C@@H](O)[C@@]21O)C1OC3C2(C)C(O)OC(O)C12C. The average molecular weight is 510 g/mol. The second-order valence-corrected chi connectivity index (χ2v) is 10.7. The molecule has 12 heteroatoms. The Labute approximate surface area is 207 Å². The molecule has 11 atom stereocenters. The lowest BCUT2D eigenvalue weighted by Crippen LogP contribution is -2.70. The van der Waals surface area contributed by atoms with Crippen LogP contribution in [-0.2, 0) is 24.7 Å². The Morgan fingerprint density at radius 3 is 2.31 bits per heavy atom. The van der Waals surface area contributed by atoms with E-state index in [9.17, 15) is 25.2 Å². The number of rotatable bonds is 4. The smallest absolute Gasteiger partial charge is 0.252 e. The van der Waals surface area contributed by atoms with Crippen molar-refractivity contribution in [2.45, 2.75) is 55.9 Å². The van der Waals surface area contributed by atoms with E-state index in [1.165, 1.54) is 28.4 Å². The largest absolute Gasteiger partial charge is 0.496 e. The van der Waals surface area contributed by atoms with Crippen LogP contribution in [0.4, 0.5) is 0 Å². The number of fused-ring (bicyclic) bond motifs is 8. The molecule has 1 aliphatic carbocycles. The van der Waals surface area contributed by atoms with E-state index < -0.39 is 70.7 Å². The zero-order valence-electron chi connectivity index (χ0n) is 20.8. The van der Waals surface area contributed by atoms with Crippen LogP contribution in [-0.4, -0.2) is 96.3 Å². The van der Waals surface area contributed by atoms with E-state index in [-0.39, 0.29) is 17.1 Å². The summed E-state index contributed by atoms with van der Waals surface area (Å²) in [5.41, 5.74) is -6.25. The van der Waals surface area contributed by atoms with E-state index in [1.807, 2.05) is 0 Å². The van der Waals surface area contributed by atoms with Gasteiger partial charge in [0.25, 0.3) is 5.91 Å². The fraction of sp³-hybridized carbons (Fsp3) is 0.708. The maximum Gasteiger partial charge on any atom is 0.252 e. The van der Waals surface area contributed by atoms with Gasteiger partial charge in [-0.1, -0.05) is 13.8 Å². The summed E-state index contributed by atoms with van der Waals surface area (Å²) in [4.78, 5) is 18.7. The summed E-state index contributed by atoms with van der Waals surface area (Å²) in [6.45, 7) is 3.40. The summed E-state index contributed by atoms with van der Waals surface area (Å²) in [6, 6.07) is 3.11. The predicted octanol–water partition coefficient (Wildman–Crippen LogP) is -0.890. The molecule has 4 fully saturated rings. The number of carbonyl (C=O) groups is 1. The van der Waals surface area contributed by atoms with Crippen LogP contribution in [0.1, 0.15) is 19.4 Å². The molecule has 3 saturated heterocycles. The third-order valence-corrected chi connectivity index (χ3v) is 9.85. The molecule has 1 spiro atoms. The van der Waals surface area contributed by atoms with Gasteiger partial charge in [-0.3, -0.25) is 9.63 Å². The van der Waals surface area contributed by atoms with Gasteiger partial charge in [-0.25, -0.2) is 5.06 Å². The molecule has 1 aromatic rings. The highest BCUT2D eigenvalue weighted by atomic mass is 16.7. The number of amides is 1. The first kappa shape index (κ1) is 24.2. The first-order chi connectivity index (χ1) is 16.9. The lowest BCUT2D eigenvalue weighted by atomic mass is 9.50. The van der Waals surface area contributed by atoms with E-state index in [0.717, 1.165) is 5.06 Å². The van der Waals surface area contributed by atoms with E-state index in [2.05, 4.69) is 0 Å². The number of ether oxygens (including phenoxy) is 5. The van der Waals surface area contributed by atoms with Crippen molar-refractivity contribution in [1.82, 2.24) is 5.06 Å². The van der Waals surface area contributed by atoms with Gasteiger partial charge >= 0.3 is 0 Å². The van der Waals surface area contributed by atoms with Crippen LogP contribution >= 0.6 is 0 Å². The molecule has 9 unspecified atom stereocenters. The summed E-state index contributed by atoms with van der Waals surface area (Å²) in [6.07, 6.45) is -6.60. The van der Waals surface area contributed by atoms with Gasteiger partial charge in [0, 0.05) is 25.1 Å². The summed E-state index contributed by atoms with van der Waals surface area (Å²) in [5, 5.41) is 47.3. The minimum absolute atomic E-state index is 0.147. The normalized spacial score (nSPS) is 49.2. The fourth-order valence-electron chi connectivity index (χ4n) is 7.84. The van der Waals surface area contributed by atoms with Crippen molar-refractivity contribution in [3.05, 3.63) is 17.7 Å². The second kappa shape index (κ2) is 7.01. The van der Waals surface area contributed by atoms with E-state index in [1.54, 1.807) is 26.0 Å². The Balaban J connectivity index is 1.64. The minimum atomic E-state index is -2.20.